The van der Waals surface area contributed by atoms with Crippen LogP contribution in [0.4, 0.5) is 4.79 Å². The number of nitrogens with one attached hydrogen (secondary N) is 2. The van der Waals surface area contributed by atoms with Crippen molar-refractivity contribution in [2.75, 3.05) is 33.9 Å². The number of hydrogen-bond acceptors (Lipinski definition) is 16. The van der Waals surface area contributed by atoms with E-state index in [1.165, 1.54) is 21.0 Å². The number of ether oxygens (including phenoxy) is 4. The second-order valence-electron chi connectivity index (χ2n) is 17.7. The first-order chi connectivity index (χ1) is 37.0. The maximum Gasteiger partial charge on any atom is 0.411 e. The van der Waals surface area contributed by atoms with Crippen LogP contribution in [0.5, 0.6) is 0 Å². The number of aromatic nitrogens is 2. The SMILES string of the molecule is CCOC(=O)C(C(=O)NCc1cc(C)on1)N(C)C(=O)OC(C)(C)C.CCOC(=O)C(C(=O)NCc1cc(C)on1)N(C)C(=O)c1ccc(-c2ccccc2)cc1.CCOC(C)=O.O=C(Cl)c1ccc(-c2ccccc2)cc1. The van der Waals surface area contributed by atoms with E-state index in [2.05, 4.69) is 25.7 Å². The predicted octanol–water partition coefficient (Wildman–Crippen LogP) is 8.67. The van der Waals surface area contributed by atoms with Crippen molar-refractivity contribution in [1.82, 2.24) is 30.7 Å². The highest BCUT2D eigenvalue weighted by Crippen LogP contribution is 2.22. The normalized spacial score (nSPS) is 11.1. The largest absolute Gasteiger partial charge is 0.466 e. The molecule has 2 aromatic heterocycles. The lowest BCUT2D eigenvalue weighted by molar-refractivity contribution is -0.154. The van der Waals surface area contributed by atoms with Crippen molar-refractivity contribution in [2.45, 2.75) is 93.1 Å². The standard InChI is InChI=1S/C24H25N3O5.C16H25N3O6.C13H9ClO.C4H8O2/c1-4-31-24(30)21(22(28)25-15-20-14-16(2)32-26-20)27(3)23(29)19-12-10-18(11-13-19)17-8-6-5-7-9-17;1-7-23-14(21)12(19(6)15(22)24-16(3,4)5)13(20)17-9-11-8-10(2)25-18-11;14-13(15)12-8-6-11(7-9-12)10-4-2-1-3-5-10;1-3-6-4(2)5/h5-14,21H,4,15H2,1-3H3,(H,25,28);8,12H,7,9H2,1-6H3,(H,17,20);1-9H;3H2,1-2H3. The summed E-state index contributed by atoms with van der Waals surface area (Å²) < 4.78 is 29.4. The first-order valence-electron chi connectivity index (χ1n) is 24.6. The molecule has 21 heteroatoms. The first-order valence-corrected chi connectivity index (χ1v) is 25.0. The number of esters is 3. The van der Waals surface area contributed by atoms with E-state index in [-0.39, 0.29) is 32.3 Å². The number of rotatable bonds is 17. The van der Waals surface area contributed by atoms with Crippen LogP contribution in [0.1, 0.15) is 92.1 Å². The fourth-order valence-corrected chi connectivity index (χ4v) is 6.83. The Morgan fingerprint density at radius 1 is 0.564 bits per heavy atom. The summed E-state index contributed by atoms with van der Waals surface area (Å²) in [5.74, 6) is -2.51. The number of carbonyl (C=O) groups is 8. The van der Waals surface area contributed by atoms with Crippen molar-refractivity contribution in [2.24, 2.45) is 0 Å². The monoisotopic (exact) mass is 1090 g/mol. The number of benzene rings is 4. The number of likely N-dealkylation sites (N-methyl/N-ethyl adjacent to an activating group) is 2. The zero-order valence-electron chi connectivity index (χ0n) is 45.6. The van der Waals surface area contributed by atoms with Crippen LogP contribution in [0.3, 0.4) is 0 Å². The third-order valence-electron chi connectivity index (χ3n) is 10.3. The van der Waals surface area contributed by atoms with E-state index in [0.29, 0.717) is 40.6 Å². The zero-order valence-corrected chi connectivity index (χ0v) is 46.4. The van der Waals surface area contributed by atoms with E-state index in [4.69, 9.17) is 34.9 Å². The van der Waals surface area contributed by atoms with Gasteiger partial charge in [-0.05, 0) is 114 Å². The van der Waals surface area contributed by atoms with Gasteiger partial charge in [-0.25, -0.2) is 14.4 Å². The van der Waals surface area contributed by atoms with Crippen LogP contribution in [0.25, 0.3) is 22.3 Å². The Morgan fingerprint density at radius 3 is 1.26 bits per heavy atom. The summed E-state index contributed by atoms with van der Waals surface area (Å²) in [5, 5.41) is 12.3. The average molecular weight is 1100 g/mol. The van der Waals surface area contributed by atoms with Gasteiger partial charge in [-0.3, -0.25) is 28.9 Å². The molecular formula is C57H67ClN6O14. The van der Waals surface area contributed by atoms with Crippen LogP contribution >= 0.6 is 11.6 Å². The molecule has 0 bridgehead atoms. The van der Waals surface area contributed by atoms with Crippen LogP contribution in [-0.2, 0) is 56.0 Å². The molecule has 0 aliphatic rings. The summed E-state index contributed by atoms with van der Waals surface area (Å²) >= 11 is 5.36. The fraction of sp³-hybridized carbons (Fsp3) is 0.333. The summed E-state index contributed by atoms with van der Waals surface area (Å²) in [7, 11) is 2.70. The molecule has 0 fully saturated rings. The third-order valence-corrected chi connectivity index (χ3v) is 10.6. The molecule has 20 nitrogen and oxygen atoms in total. The van der Waals surface area contributed by atoms with Crippen LogP contribution in [0.15, 0.2) is 130 Å². The quantitative estimate of drug-likeness (QED) is 0.0375. The Kier molecular flexibility index (Phi) is 26.2. The van der Waals surface area contributed by atoms with Crippen LogP contribution in [-0.4, -0.2) is 119 Å². The van der Waals surface area contributed by atoms with Crippen molar-refractivity contribution < 1.29 is 66.3 Å². The van der Waals surface area contributed by atoms with Gasteiger partial charge in [0.2, 0.25) is 12.1 Å². The van der Waals surface area contributed by atoms with Gasteiger partial charge in [0.1, 0.15) is 28.5 Å². The molecule has 2 atom stereocenters. The van der Waals surface area contributed by atoms with E-state index in [1.807, 2.05) is 84.9 Å². The van der Waals surface area contributed by atoms with Crippen molar-refractivity contribution >= 4 is 58.6 Å². The minimum atomic E-state index is -1.47. The van der Waals surface area contributed by atoms with Gasteiger partial charge in [-0.1, -0.05) is 95.2 Å². The third kappa shape index (κ3) is 21.5. The van der Waals surface area contributed by atoms with Crippen molar-refractivity contribution in [3.8, 4) is 22.3 Å². The number of hydrogen-bond donors (Lipinski definition) is 2. The lowest BCUT2D eigenvalue weighted by Gasteiger charge is -2.28. The molecule has 0 aliphatic heterocycles. The highest BCUT2D eigenvalue weighted by Gasteiger charge is 2.38. The molecule has 2 unspecified atom stereocenters. The highest BCUT2D eigenvalue weighted by molar-refractivity contribution is 6.67. The minimum Gasteiger partial charge on any atom is -0.466 e. The van der Waals surface area contributed by atoms with Crippen LogP contribution in [0, 0.1) is 13.8 Å². The van der Waals surface area contributed by atoms with Gasteiger partial charge in [0, 0.05) is 44.3 Å². The van der Waals surface area contributed by atoms with Crippen molar-refractivity contribution in [3.63, 3.8) is 0 Å². The number of aryl methyl sites for hydroxylation is 2. The number of halogens is 1. The second kappa shape index (κ2) is 32.1. The van der Waals surface area contributed by atoms with E-state index in [9.17, 15) is 38.4 Å². The number of nitrogens with zero attached hydrogens (tertiary/aromatic N) is 4. The maximum absolute atomic E-state index is 13.0. The maximum atomic E-state index is 13.0. The van der Waals surface area contributed by atoms with Gasteiger partial charge in [0.25, 0.3) is 23.0 Å². The van der Waals surface area contributed by atoms with Crippen LogP contribution in [0.2, 0.25) is 0 Å². The van der Waals surface area contributed by atoms with Crippen molar-refractivity contribution in [3.05, 3.63) is 155 Å². The van der Waals surface area contributed by atoms with Gasteiger partial charge >= 0.3 is 24.0 Å². The summed E-state index contributed by atoms with van der Waals surface area (Å²) in [6.07, 6.45) is -0.807. The Balaban J connectivity index is 0.000000307. The van der Waals surface area contributed by atoms with Gasteiger partial charge in [-0.2, -0.15) is 0 Å². The van der Waals surface area contributed by atoms with Crippen molar-refractivity contribution in [1.29, 1.82) is 0 Å². The topological polar surface area (TPSA) is 256 Å². The summed E-state index contributed by atoms with van der Waals surface area (Å²) in [5.41, 5.74) is 5.29. The molecule has 0 saturated heterocycles. The molecule has 0 spiro atoms. The predicted molar refractivity (Wildman–Crippen MR) is 289 cm³/mol. The van der Waals surface area contributed by atoms with E-state index >= 15 is 0 Å². The Bertz CT molecular complexity index is 2880. The molecular weight excluding hydrogens is 1030 g/mol. The smallest absolute Gasteiger partial charge is 0.411 e. The molecule has 6 rings (SSSR count). The van der Waals surface area contributed by atoms with E-state index < -0.39 is 58.7 Å². The lowest BCUT2D eigenvalue weighted by Crippen LogP contribution is -2.53. The lowest BCUT2D eigenvalue weighted by atomic mass is 10.0. The average Bonchev–Trinajstić information content (AvgIpc) is 4.05. The number of carbonyl (C=O) groups excluding carboxylic acids is 8. The van der Waals surface area contributed by atoms with Gasteiger partial charge in [-0.15, -0.1) is 0 Å². The highest BCUT2D eigenvalue weighted by atomic mass is 35.5. The van der Waals surface area contributed by atoms with Crippen LogP contribution < -0.4 is 10.6 Å². The summed E-state index contributed by atoms with van der Waals surface area (Å²) in [6, 6.07) is 34.4. The molecule has 416 valence electrons. The molecule has 0 radical (unpaired) electrons. The first kappa shape index (κ1) is 63.6. The minimum absolute atomic E-state index is 0.0498. The van der Waals surface area contributed by atoms with Gasteiger partial charge < -0.3 is 43.5 Å². The molecule has 0 aliphatic carbocycles. The molecule has 6 aromatic rings. The summed E-state index contributed by atoms with van der Waals surface area (Å²) in [4.78, 5) is 97.8. The Labute approximate surface area is 458 Å². The Morgan fingerprint density at radius 2 is 0.936 bits per heavy atom. The molecule has 78 heavy (non-hydrogen) atoms. The zero-order chi connectivity index (χ0) is 58.0. The fourth-order valence-electron chi connectivity index (χ4n) is 6.70. The molecule has 0 saturated carbocycles. The molecule has 4 amide bonds. The molecule has 2 N–H and O–H groups in total. The van der Waals surface area contributed by atoms with E-state index in [0.717, 1.165) is 32.1 Å². The second-order valence-corrected chi connectivity index (χ2v) is 18.0. The molecule has 2 heterocycles. The Hall–Kier alpha value is -8.65. The van der Waals surface area contributed by atoms with Gasteiger partial charge in [0.05, 0.1) is 32.9 Å². The molecule has 4 aromatic carbocycles. The van der Waals surface area contributed by atoms with Gasteiger partial charge in [0.15, 0.2) is 0 Å². The van der Waals surface area contributed by atoms with E-state index in [1.54, 1.807) is 91.8 Å². The summed E-state index contributed by atoms with van der Waals surface area (Å²) in [6.45, 7) is 15.7. The number of amides is 4.